The fourth-order valence-electron chi connectivity index (χ4n) is 2.09. The highest BCUT2D eigenvalue weighted by Gasteiger charge is 2.24. The number of nitriles is 1. The van der Waals surface area contributed by atoms with Crippen LogP contribution in [0.2, 0.25) is 0 Å². The van der Waals surface area contributed by atoms with Crippen LogP contribution in [0.5, 0.6) is 0 Å². The molecule has 1 aliphatic rings. The number of nitrogens with one attached hydrogen (secondary N) is 1. The summed E-state index contributed by atoms with van der Waals surface area (Å²) in [4.78, 5) is 2.01. The zero-order chi connectivity index (χ0) is 11.3. The molecule has 1 rings (SSSR count). The maximum Gasteiger partial charge on any atom is 0.250 e. The van der Waals surface area contributed by atoms with Gasteiger partial charge < -0.3 is 5.32 Å². The Labute approximate surface area is 89.1 Å². The van der Waals surface area contributed by atoms with Crippen LogP contribution in [0.25, 0.3) is 0 Å². The normalized spacial score (nSPS) is 27.9. The minimum absolute atomic E-state index is 0.0936. The van der Waals surface area contributed by atoms with Crippen LogP contribution in [0.1, 0.15) is 13.3 Å². The van der Waals surface area contributed by atoms with Gasteiger partial charge in [0.05, 0.1) is 19.2 Å². The van der Waals surface area contributed by atoms with Crippen molar-refractivity contribution < 1.29 is 8.78 Å². The van der Waals surface area contributed by atoms with E-state index in [-0.39, 0.29) is 12.6 Å². The predicted molar refractivity (Wildman–Crippen MR) is 53.6 cm³/mol. The first-order chi connectivity index (χ1) is 7.11. The zero-order valence-corrected chi connectivity index (χ0v) is 8.92. The van der Waals surface area contributed by atoms with E-state index in [9.17, 15) is 8.78 Å². The van der Waals surface area contributed by atoms with Crippen molar-refractivity contribution in [2.75, 3.05) is 26.2 Å². The molecule has 0 saturated carbocycles. The fraction of sp³-hybridized carbons (Fsp3) is 0.900. The van der Waals surface area contributed by atoms with Crippen molar-refractivity contribution in [3.63, 3.8) is 0 Å². The van der Waals surface area contributed by atoms with Gasteiger partial charge in [-0.3, -0.25) is 4.90 Å². The summed E-state index contributed by atoms with van der Waals surface area (Å²) in [5.74, 6) is 0.460. The third-order valence-corrected chi connectivity index (χ3v) is 2.59. The van der Waals surface area contributed by atoms with Crippen LogP contribution in [0.15, 0.2) is 0 Å². The molecule has 2 unspecified atom stereocenters. The molecule has 0 amide bonds. The molecule has 2 atom stereocenters. The predicted octanol–water partition coefficient (Wildman–Crippen LogP) is 1.08. The summed E-state index contributed by atoms with van der Waals surface area (Å²) in [7, 11) is 0. The van der Waals surface area contributed by atoms with Crippen molar-refractivity contribution in [3.05, 3.63) is 0 Å². The summed E-state index contributed by atoms with van der Waals surface area (Å²) in [6, 6.07) is 2.19. The number of rotatable bonds is 4. The fourth-order valence-corrected chi connectivity index (χ4v) is 2.09. The van der Waals surface area contributed by atoms with Gasteiger partial charge in [0.15, 0.2) is 0 Å². The van der Waals surface area contributed by atoms with Crippen LogP contribution in [0.4, 0.5) is 8.78 Å². The van der Waals surface area contributed by atoms with E-state index < -0.39 is 6.43 Å². The Morgan fingerprint density at radius 1 is 1.53 bits per heavy atom. The molecular formula is C10H17F2N3. The van der Waals surface area contributed by atoms with Crippen molar-refractivity contribution in [2.24, 2.45) is 5.92 Å². The lowest BCUT2D eigenvalue weighted by atomic mass is 9.96. The maximum atomic E-state index is 12.0. The number of likely N-dealkylation sites (tertiary alicyclic amines) is 1. The van der Waals surface area contributed by atoms with Crippen LogP contribution in [-0.4, -0.2) is 43.5 Å². The Kier molecular flexibility index (Phi) is 4.92. The molecule has 1 heterocycles. The van der Waals surface area contributed by atoms with Gasteiger partial charge in [0, 0.05) is 19.1 Å². The van der Waals surface area contributed by atoms with E-state index in [4.69, 9.17) is 5.26 Å². The first-order valence-electron chi connectivity index (χ1n) is 5.22. The number of halogens is 2. The number of nitrogens with zero attached hydrogens (tertiary/aromatic N) is 2. The maximum absolute atomic E-state index is 12.0. The number of hydrogen-bond donors (Lipinski definition) is 1. The summed E-state index contributed by atoms with van der Waals surface area (Å²) < 4.78 is 24.0. The Morgan fingerprint density at radius 2 is 2.27 bits per heavy atom. The molecule has 1 N–H and O–H groups in total. The smallest absolute Gasteiger partial charge is 0.250 e. The van der Waals surface area contributed by atoms with Crippen molar-refractivity contribution in [1.82, 2.24) is 10.2 Å². The summed E-state index contributed by atoms with van der Waals surface area (Å²) in [6.07, 6.45) is -1.39. The Bertz CT molecular complexity index is 227. The topological polar surface area (TPSA) is 39.1 Å². The van der Waals surface area contributed by atoms with Gasteiger partial charge >= 0.3 is 0 Å². The average molecular weight is 217 g/mol. The van der Waals surface area contributed by atoms with Crippen molar-refractivity contribution >= 4 is 0 Å². The van der Waals surface area contributed by atoms with E-state index in [0.717, 1.165) is 13.0 Å². The molecule has 1 aliphatic heterocycles. The Balaban J connectivity index is 2.35. The lowest BCUT2D eigenvalue weighted by Gasteiger charge is -2.35. The largest absolute Gasteiger partial charge is 0.307 e. The van der Waals surface area contributed by atoms with Crippen LogP contribution in [0.3, 0.4) is 0 Å². The molecule has 86 valence electrons. The molecule has 5 heteroatoms. The van der Waals surface area contributed by atoms with Crippen molar-refractivity contribution in [3.8, 4) is 6.07 Å². The SMILES string of the molecule is CC1CC(NCC(F)F)CN(CC#N)C1. The van der Waals surface area contributed by atoms with E-state index in [1.54, 1.807) is 0 Å². The van der Waals surface area contributed by atoms with Gasteiger partial charge in [-0.15, -0.1) is 0 Å². The van der Waals surface area contributed by atoms with Crippen LogP contribution in [-0.2, 0) is 0 Å². The summed E-state index contributed by atoms with van der Waals surface area (Å²) in [6.45, 7) is 3.81. The quantitative estimate of drug-likeness (QED) is 0.716. The number of hydrogen-bond acceptors (Lipinski definition) is 3. The molecule has 15 heavy (non-hydrogen) atoms. The molecule has 0 aromatic carbocycles. The molecule has 0 aromatic heterocycles. The Morgan fingerprint density at radius 3 is 2.87 bits per heavy atom. The Hall–Kier alpha value is -0.730. The highest BCUT2D eigenvalue weighted by Crippen LogP contribution is 2.15. The molecule has 1 fully saturated rings. The van der Waals surface area contributed by atoms with Crippen LogP contribution in [0, 0.1) is 17.2 Å². The third-order valence-electron chi connectivity index (χ3n) is 2.59. The minimum Gasteiger partial charge on any atom is -0.307 e. The van der Waals surface area contributed by atoms with E-state index in [0.29, 0.717) is 19.0 Å². The van der Waals surface area contributed by atoms with Crippen molar-refractivity contribution in [1.29, 1.82) is 5.26 Å². The molecule has 3 nitrogen and oxygen atoms in total. The molecule has 0 aromatic rings. The highest BCUT2D eigenvalue weighted by molar-refractivity contribution is 4.86. The second-order valence-corrected chi connectivity index (χ2v) is 4.19. The van der Waals surface area contributed by atoms with Gasteiger partial charge in [-0.25, -0.2) is 8.78 Å². The van der Waals surface area contributed by atoms with E-state index in [2.05, 4.69) is 18.3 Å². The van der Waals surface area contributed by atoms with Gasteiger partial charge in [-0.1, -0.05) is 6.92 Å². The van der Waals surface area contributed by atoms with E-state index >= 15 is 0 Å². The first-order valence-corrected chi connectivity index (χ1v) is 5.22. The summed E-state index contributed by atoms with van der Waals surface area (Å²) in [5, 5.41) is 11.4. The van der Waals surface area contributed by atoms with Crippen molar-refractivity contribution in [2.45, 2.75) is 25.8 Å². The second kappa shape index (κ2) is 5.99. The van der Waals surface area contributed by atoms with Gasteiger partial charge in [0.25, 0.3) is 6.43 Å². The van der Waals surface area contributed by atoms with E-state index in [1.807, 2.05) is 4.90 Å². The molecule has 0 bridgehead atoms. The molecular weight excluding hydrogens is 200 g/mol. The van der Waals surface area contributed by atoms with Crippen LogP contribution < -0.4 is 5.32 Å². The highest BCUT2D eigenvalue weighted by atomic mass is 19.3. The lowest BCUT2D eigenvalue weighted by Crippen LogP contribution is -2.49. The van der Waals surface area contributed by atoms with Crippen LogP contribution >= 0.6 is 0 Å². The number of alkyl halides is 2. The van der Waals surface area contributed by atoms with Gasteiger partial charge in [0.2, 0.25) is 0 Å². The molecule has 1 saturated heterocycles. The first kappa shape index (κ1) is 12.3. The summed E-state index contributed by atoms with van der Waals surface area (Å²) in [5.41, 5.74) is 0. The average Bonchev–Trinajstić information content (AvgIpc) is 2.14. The van der Waals surface area contributed by atoms with Gasteiger partial charge in [-0.2, -0.15) is 5.26 Å². The van der Waals surface area contributed by atoms with E-state index in [1.165, 1.54) is 0 Å². The second-order valence-electron chi connectivity index (χ2n) is 4.19. The number of piperidine rings is 1. The summed E-state index contributed by atoms with van der Waals surface area (Å²) >= 11 is 0. The molecule has 0 radical (unpaired) electrons. The van der Waals surface area contributed by atoms with Gasteiger partial charge in [-0.05, 0) is 12.3 Å². The zero-order valence-electron chi connectivity index (χ0n) is 8.92. The monoisotopic (exact) mass is 217 g/mol. The minimum atomic E-state index is -2.30. The van der Waals surface area contributed by atoms with Gasteiger partial charge in [0.1, 0.15) is 0 Å². The molecule has 0 spiro atoms. The lowest BCUT2D eigenvalue weighted by molar-refractivity contribution is 0.118. The third kappa shape index (κ3) is 4.54. The molecule has 0 aliphatic carbocycles. The standard InChI is InChI=1S/C10H17F2N3/c1-8-4-9(14-5-10(11)12)7-15(6-8)3-2-13/h8-10,14H,3-7H2,1H3.